The number of rotatable bonds is 6. The van der Waals surface area contributed by atoms with Crippen LogP contribution in [0.3, 0.4) is 0 Å². The third-order valence-electron chi connectivity index (χ3n) is 2.97. The summed E-state index contributed by atoms with van der Waals surface area (Å²) in [6.45, 7) is 0.480. The van der Waals surface area contributed by atoms with E-state index in [0.717, 1.165) is 5.56 Å². The summed E-state index contributed by atoms with van der Waals surface area (Å²) in [4.78, 5) is 20.2. The number of benzene rings is 1. The molecule has 0 aliphatic carbocycles. The van der Waals surface area contributed by atoms with Crippen molar-refractivity contribution in [3.05, 3.63) is 48.0 Å². The highest BCUT2D eigenvalue weighted by Crippen LogP contribution is 2.27. The average Bonchev–Trinajstić information content (AvgIpc) is 2.54. The van der Waals surface area contributed by atoms with Gasteiger partial charge >= 0.3 is 0 Å². The van der Waals surface area contributed by atoms with Gasteiger partial charge in [-0.3, -0.25) is 4.79 Å². The summed E-state index contributed by atoms with van der Waals surface area (Å²) in [5, 5.41) is 2.84. The lowest BCUT2D eigenvalue weighted by Crippen LogP contribution is -2.26. The molecule has 1 amide bonds. The predicted octanol–water partition coefficient (Wildman–Crippen LogP) is 1.47. The highest BCUT2D eigenvalue weighted by molar-refractivity contribution is 5.99. The smallest absolute Gasteiger partial charge is 0.258 e. The Bertz CT molecular complexity index is 580. The van der Waals surface area contributed by atoms with Crippen LogP contribution in [0.2, 0.25) is 0 Å². The number of aromatic nitrogens is 2. The van der Waals surface area contributed by atoms with Crippen molar-refractivity contribution >= 4 is 5.91 Å². The fourth-order valence-corrected chi connectivity index (χ4v) is 1.94. The van der Waals surface area contributed by atoms with E-state index in [1.807, 2.05) is 0 Å². The lowest BCUT2D eigenvalue weighted by atomic mass is 10.1. The highest BCUT2D eigenvalue weighted by Gasteiger charge is 2.17. The average molecular weight is 287 g/mol. The Balaban J connectivity index is 2.03. The molecule has 0 atom stereocenters. The molecule has 21 heavy (non-hydrogen) atoms. The van der Waals surface area contributed by atoms with Crippen LogP contribution in [0.15, 0.2) is 36.9 Å². The minimum atomic E-state index is -0.235. The van der Waals surface area contributed by atoms with E-state index >= 15 is 0 Å². The number of nitrogens with zero attached hydrogens (tertiary/aromatic N) is 2. The molecule has 1 aromatic heterocycles. The third-order valence-corrected chi connectivity index (χ3v) is 2.97. The maximum absolute atomic E-state index is 12.3. The molecule has 1 aromatic carbocycles. The summed E-state index contributed by atoms with van der Waals surface area (Å²) in [7, 11) is 3.04. The largest absolute Gasteiger partial charge is 0.496 e. The van der Waals surface area contributed by atoms with E-state index in [4.69, 9.17) is 9.47 Å². The zero-order valence-electron chi connectivity index (χ0n) is 12.0. The lowest BCUT2D eigenvalue weighted by molar-refractivity contribution is 0.0948. The molecule has 6 heteroatoms. The molecule has 1 heterocycles. The van der Waals surface area contributed by atoms with Crippen LogP contribution < -0.4 is 14.8 Å². The van der Waals surface area contributed by atoms with Crippen molar-refractivity contribution in [3.63, 3.8) is 0 Å². The minimum Gasteiger partial charge on any atom is -0.496 e. The van der Waals surface area contributed by atoms with Crippen molar-refractivity contribution < 1.29 is 14.3 Å². The zero-order valence-corrected chi connectivity index (χ0v) is 12.0. The number of hydrogen-bond acceptors (Lipinski definition) is 5. The van der Waals surface area contributed by atoms with Gasteiger partial charge in [0.15, 0.2) is 0 Å². The van der Waals surface area contributed by atoms with E-state index in [-0.39, 0.29) is 5.91 Å². The summed E-state index contributed by atoms with van der Waals surface area (Å²) in [6.07, 6.45) is 5.58. The normalized spacial score (nSPS) is 10.0. The molecular formula is C15H17N3O3. The highest BCUT2D eigenvalue weighted by atomic mass is 16.5. The van der Waals surface area contributed by atoms with Crippen molar-refractivity contribution in [2.75, 3.05) is 20.8 Å². The van der Waals surface area contributed by atoms with Gasteiger partial charge < -0.3 is 14.8 Å². The number of nitrogens with one attached hydrogen (secondary N) is 1. The molecule has 110 valence electrons. The second-order valence-electron chi connectivity index (χ2n) is 4.29. The summed E-state index contributed by atoms with van der Waals surface area (Å²) in [6, 6.07) is 5.22. The number of hydrogen-bond donors (Lipinski definition) is 1. The molecule has 0 radical (unpaired) electrons. The summed E-state index contributed by atoms with van der Waals surface area (Å²) in [5.41, 5.74) is 1.36. The van der Waals surface area contributed by atoms with E-state index in [1.54, 1.807) is 30.6 Å². The Hall–Kier alpha value is -2.63. The van der Waals surface area contributed by atoms with Gasteiger partial charge in [-0.25, -0.2) is 9.97 Å². The molecule has 0 saturated carbocycles. The van der Waals surface area contributed by atoms with Crippen LogP contribution in [-0.4, -0.2) is 36.6 Å². The maximum atomic E-state index is 12.3. The van der Waals surface area contributed by atoms with Crippen LogP contribution in [0.1, 0.15) is 15.9 Å². The summed E-state index contributed by atoms with van der Waals surface area (Å²) in [5.74, 6) is 0.728. The van der Waals surface area contributed by atoms with Gasteiger partial charge in [0.2, 0.25) is 0 Å². The van der Waals surface area contributed by atoms with Crippen molar-refractivity contribution in [1.82, 2.24) is 15.3 Å². The summed E-state index contributed by atoms with van der Waals surface area (Å²) >= 11 is 0. The Morgan fingerprint density at radius 3 is 2.33 bits per heavy atom. The molecule has 0 aliphatic heterocycles. The number of ether oxygens (including phenoxy) is 2. The quantitative estimate of drug-likeness (QED) is 0.871. The van der Waals surface area contributed by atoms with Crippen LogP contribution >= 0.6 is 0 Å². The summed E-state index contributed by atoms with van der Waals surface area (Å²) < 4.78 is 10.4. The van der Waals surface area contributed by atoms with Crippen LogP contribution in [0, 0.1) is 0 Å². The first kappa shape index (κ1) is 14.8. The number of amides is 1. The Morgan fingerprint density at radius 2 is 1.76 bits per heavy atom. The van der Waals surface area contributed by atoms with Gasteiger partial charge in [-0.15, -0.1) is 0 Å². The Kier molecular flexibility index (Phi) is 5.09. The second kappa shape index (κ2) is 7.23. The van der Waals surface area contributed by atoms with E-state index in [1.165, 1.54) is 20.5 Å². The molecule has 2 rings (SSSR count). The zero-order chi connectivity index (χ0) is 15.1. The van der Waals surface area contributed by atoms with Crippen molar-refractivity contribution in [1.29, 1.82) is 0 Å². The first-order valence-corrected chi connectivity index (χ1v) is 6.49. The van der Waals surface area contributed by atoms with Crippen LogP contribution in [0.25, 0.3) is 0 Å². The van der Waals surface area contributed by atoms with Gasteiger partial charge in [0.05, 0.1) is 14.2 Å². The van der Waals surface area contributed by atoms with Crippen LogP contribution in [0.4, 0.5) is 0 Å². The molecule has 0 aliphatic rings. The van der Waals surface area contributed by atoms with E-state index in [0.29, 0.717) is 30.0 Å². The van der Waals surface area contributed by atoms with Gasteiger partial charge in [0.25, 0.3) is 5.91 Å². The van der Waals surface area contributed by atoms with Gasteiger partial charge in [-0.1, -0.05) is 6.07 Å². The number of carbonyl (C=O) groups is 1. The molecule has 0 fully saturated rings. The molecule has 0 saturated heterocycles. The minimum absolute atomic E-state index is 0.235. The maximum Gasteiger partial charge on any atom is 0.258 e. The first-order valence-electron chi connectivity index (χ1n) is 6.49. The molecule has 1 N–H and O–H groups in total. The van der Waals surface area contributed by atoms with Gasteiger partial charge in [-0.05, 0) is 24.1 Å². The number of carbonyl (C=O) groups excluding carboxylic acids is 1. The third kappa shape index (κ3) is 3.68. The second-order valence-corrected chi connectivity index (χ2v) is 4.29. The Labute approximate surface area is 123 Å². The molecule has 6 nitrogen and oxygen atoms in total. The van der Waals surface area contributed by atoms with Crippen molar-refractivity contribution in [3.8, 4) is 11.5 Å². The van der Waals surface area contributed by atoms with Crippen molar-refractivity contribution in [2.45, 2.75) is 6.42 Å². The van der Waals surface area contributed by atoms with E-state index < -0.39 is 0 Å². The monoisotopic (exact) mass is 287 g/mol. The van der Waals surface area contributed by atoms with Gasteiger partial charge in [0, 0.05) is 18.9 Å². The predicted molar refractivity (Wildman–Crippen MR) is 77.6 cm³/mol. The fraction of sp³-hybridized carbons (Fsp3) is 0.267. The molecule has 0 spiro atoms. The molecule has 2 aromatic rings. The molecule has 0 unspecified atom stereocenters. The number of methoxy groups -OCH3 is 2. The Morgan fingerprint density at radius 1 is 1.14 bits per heavy atom. The SMILES string of the molecule is COc1cccc(OC)c1C(=O)NCCc1cncnc1. The van der Waals surface area contributed by atoms with E-state index in [2.05, 4.69) is 15.3 Å². The lowest BCUT2D eigenvalue weighted by Gasteiger charge is -2.12. The fourth-order valence-electron chi connectivity index (χ4n) is 1.94. The molecule has 0 bridgehead atoms. The standard InChI is InChI=1S/C15H17N3O3/c1-20-12-4-3-5-13(21-2)14(12)15(19)18-7-6-11-8-16-10-17-9-11/h3-5,8-10H,6-7H2,1-2H3,(H,18,19). The first-order chi connectivity index (χ1) is 10.3. The topological polar surface area (TPSA) is 73.3 Å². The molecular weight excluding hydrogens is 270 g/mol. The van der Waals surface area contributed by atoms with Crippen molar-refractivity contribution in [2.24, 2.45) is 0 Å². The van der Waals surface area contributed by atoms with Gasteiger partial charge in [0.1, 0.15) is 23.4 Å². The van der Waals surface area contributed by atoms with Crippen LogP contribution in [0.5, 0.6) is 11.5 Å². The van der Waals surface area contributed by atoms with E-state index in [9.17, 15) is 4.79 Å². The van der Waals surface area contributed by atoms with Crippen LogP contribution in [-0.2, 0) is 6.42 Å². The van der Waals surface area contributed by atoms with Gasteiger partial charge in [-0.2, -0.15) is 0 Å².